The van der Waals surface area contributed by atoms with E-state index in [0.29, 0.717) is 27.3 Å². The number of pyridine rings is 1. The number of nitrogens with two attached hydrogens (primary N) is 1. The van der Waals surface area contributed by atoms with Gasteiger partial charge in [-0.05, 0) is 62.2 Å². The summed E-state index contributed by atoms with van der Waals surface area (Å²) in [6.07, 6.45) is 3.19. The SMILES string of the molecule is CN1CCN(C(CC(N)=O)c2cc(Nc3cc(-c4cc(Cl)ccc4F)nnc3SCC3CC(O)C3)ccn2)CC1. The second-order valence-corrected chi connectivity index (χ2v) is 11.9. The van der Waals surface area contributed by atoms with Gasteiger partial charge in [0.1, 0.15) is 10.8 Å². The van der Waals surface area contributed by atoms with Crippen LogP contribution in [0.4, 0.5) is 15.8 Å². The summed E-state index contributed by atoms with van der Waals surface area (Å²) in [6, 6.07) is 9.62. The van der Waals surface area contributed by atoms with Crippen LogP contribution in [-0.2, 0) is 4.79 Å². The molecule has 1 saturated heterocycles. The first kappa shape index (κ1) is 28.7. The number of hydrogen-bond acceptors (Lipinski definition) is 9. The van der Waals surface area contributed by atoms with Crippen molar-refractivity contribution >= 4 is 40.6 Å². The molecule has 1 unspecified atom stereocenters. The Balaban J connectivity index is 1.44. The average Bonchev–Trinajstić information content (AvgIpc) is 2.91. The molecule has 0 spiro atoms. The number of benzene rings is 1. The average molecular weight is 586 g/mol. The molecule has 2 aromatic heterocycles. The monoisotopic (exact) mass is 585 g/mol. The van der Waals surface area contributed by atoms with Crippen LogP contribution in [0.15, 0.2) is 47.6 Å². The first-order valence-corrected chi connectivity index (χ1v) is 14.7. The van der Waals surface area contributed by atoms with Crippen molar-refractivity contribution in [3.05, 3.63) is 59.1 Å². The lowest BCUT2D eigenvalue weighted by molar-refractivity contribution is -0.119. The smallest absolute Gasteiger partial charge is 0.219 e. The molecule has 3 heterocycles. The van der Waals surface area contributed by atoms with Crippen molar-refractivity contribution in [1.29, 1.82) is 0 Å². The van der Waals surface area contributed by atoms with Crippen molar-refractivity contribution < 1.29 is 14.3 Å². The number of anilines is 2. The molecule has 40 heavy (non-hydrogen) atoms. The Morgan fingerprint density at radius 2 is 1.98 bits per heavy atom. The summed E-state index contributed by atoms with van der Waals surface area (Å²) in [7, 11) is 2.08. The number of hydrogen-bond donors (Lipinski definition) is 3. The highest BCUT2D eigenvalue weighted by atomic mass is 35.5. The number of nitrogens with one attached hydrogen (secondary N) is 1. The standard InChI is InChI=1S/C28H33ClFN7O2S/c1-36-6-8-37(9-7-36)26(15-27(31)39)24-13-19(4-5-32-24)33-25-14-23(21-12-18(29)2-3-22(21)30)34-35-28(25)40-16-17-10-20(38)11-17/h2-5,12-14,17,20,26,38H,6-11,15-16H2,1H3,(H2,31,39)(H,32,33,34). The number of aliphatic hydroxyl groups is 1. The van der Waals surface area contributed by atoms with E-state index >= 15 is 0 Å². The van der Waals surface area contributed by atoms with E-state index in [1.54, 1.807) is 24.0 Å². The van der Waals surface area contributed by atoms with Gasteiger partial charge in [-0.3, -0.25) is 14.7 Å². The Kier molecular flexibility index (Phi) is 9.17. The van der Waals surface area contributed by atoms with Gasteiger partial charge >= 0.3 is 0 Å². The zero-order valence-electron chi connectivity index (χ0n) is 22.3. The maximum atomic E-state index is 14.7. The van der Waals surface area contributed by atoms with Crippen LogP contribution in [0.2, 0.25) is 5.02 Å². The van der Waals surface area contributed by atoms with Crippen LogP contribution < -0.4 is 11.1 Å². The first-order chi connectivity index (χ1) is 19.2. The molecule has 0 bridgehead atoms. The number of nitrogens with zero attached hydrogens (tertiary/aromatic N) is 5. The van der Waals surface area contributed by atoms with Gasteiger partial charge in [0.05, 0.1) is 29.2 Å². The molecule has 1 aromatic carbocycles. The molecule has 0 radical (unpaired) electrons. The van der Waals surface area contributed by atoms with Gasteiger partial charge in [-0.1, -0.05) is 11.6 Å². The highest BCUT2D eigenvalue weighted by Crippen LogP contribution is 2.37. The number of primary amides is 1. The summed E-state index contributed by atoms with van der Waals surface area (Å²) in [5, 5.41) is 22.9. The maximum absolute atomic E-state index is 14.7. The molecule has 1 amide bonds. The van der Waals surface area contributed by atoms with E-state index in [0.717, 1.165) is 56.2 Å². The third kappa shape index (κ3) is 7.08. The highest BCUT2D eigenvalue weighted by molar-refractivity contribution is 7.99. The Hall–Kier alpha value is -2.83. The van der Waals surface area contributed by atoms with Gasteiger partial charge < -0.3 is 21.1 Å². The lowest BCUT2D eigenvalue weighted by atomic mass is 9.84. The van der Waals surface area contributed by atoms with Crippen molar-refractivity contribution in [1.82, 2.24) is 25.0 Å². The van der Waals surface area contributed by atoms with Gasteiger partial charge in [0, 0.05) is 60.8 Å². The van der Waals surface area contributed by atoms with Gasteiger partial charge in [0.15, 0.2) is 0 Å². The Morgan fingerprint density at radius 1 is 1.20 bits per heavy atom. The molecule has 2 fully saturated rings. The fraction of sp³-hybridized carbons (Fsp3) is 0.429. The van der Waals surface area contributed by atoms with Gasteiger partial charge in [-0.2, -0.15) is 0 Å². The van der Waals surface area contributed by atoms with E-state index in [1.165, 1.54) is 18.2 Å². The van der Waals surface area contributed by atoms with Crippen molar-refractivity contribution in [2.45, 2.75) is 36.4 Å². The summed E-state index contributed by atoms with van der Waals surface area (Å²) in [5.41, 5.74) is 8.40. The number of halogens is 2. The lowest BCUT2D eigenvalue weighted by Crippen LogP contribution is -2.46. The largest absolute Gasteiger partial charge is 0.393 e. The van der Waals surface area contributed by atoms with Crippen molar-refractivity contribution in [3.63, 3.8) is 0 Å². The molecule has 5 rings (SSSR count). The number of rotatable bonds is 10. The summed E-state index contributed by atoms with van der Waals surface area (Å²) in [6.45, 7) is 3.43. The van der Waals surface area contributed by atoms with E-state index in [4.69, 9.17) is 17.3 Å². The Morgan fingerprint density at radius 3 is 2.70 bits per heavy atom. The van der Waals surface area contributed by atoms with Crippen LogP contribution >= 0.6 is 23.4 Å². The number of piperazine rings is 1. The fourth-order valence-corrected chi connectivity index (χ4v) is 6.25. The molecule has 1 aliphatic heterocycles. The predicted octanol–water partition coefficient (Wildman–Crippen LogP) is 4.10. The van der Waals surface area contributed by atoms with E-state index < -0.39 is 5.82 Å². The van der Waals surface area contributed by atoms with Crippen LogP contribution in [0.25, 0.3) is 11.3 Å². The number of amides is 1. The zero-order chi connectivity index (χ0) is 28.2. The minimum Gasteiger partial charge on any atom is -0.393 e. The number of carbonyl (C=O) groups excluding carboxylic acids is 1. The second-order valence-electron chi connectivity index (χ2n) is 10.5. The van der Waals surface area contributed by atoms with E-state index in [1.807, 2.05) is 12.1 Å². The van der Waals surface area contributed by atoms with Gasteiger partial charge in [-0.15, -0.1) is 22.0 Å². The summed E-state index contributed by atoms with van der Waals surface area (Å²) >= 11 is 7.69. The highest BCUT2D eigenvalue weighted by Gasteiger charge is 2.28. The molecule has 3 aromatic rings. The van der Waals surface area contributed by atoms with Gasteiger partial charge in [0.2, 0.25) is 5.91 Å². The van der Waals surface area contributed by atoms with Crippen LogP contribution in [0.3, 0.4) is 0 Å². The normalized spacial score (nSPS) is 20.6. The third-order valence-corrected chi connectivity index (χ3v) is 8.85. The molecule has 12 heteroatoms. The number of carbonyl (C=O) groups is 1. The number of likely N-dealkylation sites (N-methyl/N-ethyl adjacent to an activating group) is 1. The van der Waals surface area contributed by atoms with Crippen LogP contribution in [0.5, 0.6) is 0 Å². The van der Waals surface area contributed by atoms with Gasteiger partial charge in [-0.25, -0.2) is 4.39 Å². The lowest BCUT2D eigenvalue weighted by Gasteiger charge is -2.37. The van der Waals surface area contributed by atoms with Gasteiger partial charge in [0.25, 0.3) is 0 Å². The fourth-order valence-electron chi connectivity index (χ4n) is 5.04. The minimum absolute atomic E-state index is 0.170. The van der Waals surface area contributed by atoms with E-state index in [9.17, 15) is 14.3 Å². The van der Waals surface area contributed by atoms with Crippen LogP contribution in [-0.4, -0.2) is 81.1 Å². The molecular formula is C28H33ClFN7O2S. The summed E-state index contributed by atoms with van der Waals surface area (Å²) in [4.78, 5) is 21.1. The molecular weight excluding hydrogens is 553 g/mol. The molecule has 1 atom stereocenters. The van der Waals surface area contributed by atoms with Crippen molar-refractivity contribution in [2.24, 2.45) is 11.7 Å². The maximum Gasteiger partial charge on any atom is 0.219 e. The first-order valence-electron chi connectivity index (χ1n) is 13.3. The second kappa shape index (κ2) is 12.8. The number of aromatic nitrogens is 3. The summed E-state index contributed by atoms with van der Waals surface area (Å²) in [5.74, 6) is 0.374. The molecule has 4 N–H and O–H groups in total. The molecule has 2 aliphatic rings. The zero-order valence-corrected chi connectivity index (χ0v) is 23.8. The molecule has 1 aliphatic carbocycles. The van der Waals surface area contributed by atoms with Crippen molar-refractivity contribution in [3.8, 4) is 11.3 Å². The number of thioether (sulfide) groups is 1. The minimum atomic E-state index is -0.443. The van der Waals surface area contributed by atoms with Crippen molar-refractivity contribution in [2.75, 3.05) is 44.3 Å². The Labute approximate surface area is 242 Å². The van der Waals surface area contributed by atoms with Crippen LogP contribution in [0.1, 0.15) is 31.0 Å². The third-order valence-electron chi connectivity index (χ3n) is 7.41. The topological polar surface area (TPSA) is 121 Å². The van der Waals surface area contributed by atoms with E-state index in [-0.39, 0.29) is 30.0 Å². The molecule has 1 saturated carbocycles. The number of aliphatic hydroxyl groups excluding tert-OH is 1. The predicted molar refractivity (Wildman–Crippen MR) is 155 cm³/mol. The molecule has 212 valence electrons. The van der Waals surface area contributed by atoms with E-state index in [2.05, 4.69) is 37.3 Å². The Bertz CT molecular complexity index is 1350. The quantitative estimate of drug-likeness (QED) is 0.302. The molecule has 9 nitrogen and oxygen atoms in total. The summed E-state index contributed by atoms with van der Waals surface area (Å²) < 4.78 is 14.7. The van der Waals surface area contributed by atoms with Crippen LogP contribution in [0, 0.1) is 11.7 Å².